The van der Waals surface area contributed by atoms with Crippen molar-refractivity contribution >= 4 is 29.3 Å². The Labute approximate surface area is 168 Å². The van der Waals surface area contributed by atoms with Crippen molar-refractivity contribution < 1.29 is 9.59 Å². The number of anilines is 1. The Kier molecular flexibility index (Phi) is 6.16. The van der Waals surface area contributed by atoms with Crippen LogP contribution in [0.15, 0.2) is 64.9 Å². The molecule has 0 saturated carbocycles. The number of aryl methyl sites for hydroxylation is 3. The number of carbonyl (C=O) groups excluding carboxylic acids is 2. The van der Waals surface area contributed by atoms with Crippen molar-refractivity contribution in [3.8, 4) is 0 Å². The van der Waals surface area contributed by atoms with Crippen LogP contribution < -0.4 is 10.6 Å². The molecule has 2 aromatic carbocycles. The van der Waals surface area contributed by atoms with Gasteiger partial charge in [-0.15, -0.1) is 0 Å². The van der Waals surface area contributed by atoms with Gasteiger partial charge in [0.1, 0.15) is 0 Å². The lowest BCUT2D eigenvalue weighted by molar-refractivity contribution is -0.115. The standard InChI is InChI=1S/C21H22N4O2S/c1-14-10-15(2)12-16(11-14)20(27)23-13-19(26)24-17-4-6-18(7-5-17)28-21-22-8-9-25(21)3/h4-12H,13H2,1-3H3,(H,23,27)(H,24,26). The molecule has 2 amide bonds. The Hall–Kier alpha value is -3.06. The van der Waals surface area contributed by atoms with Gasteiger partial charge >= 0.3 is 0 Å². The van der Waals surface area contributed by atoms with Gasteiger partial charge in [-0.3, -0.25) is 9.59 Å². The van der Waals surface area contributed by atoms with Gasteiger partial charge in [0, 0.05) is 35.6 Å². The van der Waals surface area contributed by atoms with Gasteiger partial charge in [0.25, 0.3) is 5.91 Å². The number of amides is 2. The summed E-state index contributed by atoms with van der Waals surface area (Å²) >= 11 is 1.54. The second kappa shape index (κ2) is 8.75. The normalized spacial score (nSPS) is 10.5. The van der Waals surface area contributed by atoms with Crippen LogP contribution >= 0.6 is 11.8 Å². The topological polar surface area (TPSA) is 76.0 Å². The highest BCUT2D eigenvalue weighted by Gasteiger charge is 2.10. The molecule has 1 heterocycles. The van der Waals surface area contributed by atoms with Crippen LogP contribution in [0.2, 0.25) is 0 Å². The predicted molar refractivity (Wildman–Crippen MR) is 111 cm³/mol. The molecule has 0 spiro atoms. The van der Waals surface area contributed by atoms with E-state index in [4.69, 9.17) is 0 Å². The minimum atomic E-state index is -0.276. The number of carbonyl (C=O) groups is 2. The smallest absolute Gasteiger partial charge is 0.251 e. The van der Waals surface area contributed by atoms with Crippen molar-refractivity contribution in [2.75, 3.05) is 11.9 Å². The molecule has 0 saturated heterocycles. The average molecular weight is 395 g/mol. The van der Waals surface area contributed by atoms with Crippen molar-refractivity contribution in [2.45, 2.75) is 23.9 Å². The van der Waals surface area contributed by atoms with E-state index in [1.54, 1.807) is 30.1 Å². The number of rotatable bonds is 6. The van der Waals surface area contributed by atoms with Crippen LogP contribution in [0.4, 0.5) is 5.69 Å². The first-order valence-corrected chi connectivity index (χ1v) is 9.64. The lowest BCUT2D eigenvalue weighted by atomic mass is 10.1. The van der Waals surface area contributed by atoms with Crippen molar-refractivity contribution in [1.82, 2.24) is 14.9 Å². The molecule has 0 unspecified atom stereocenters. The number of hydrogen-bond donors (Lipinski definition) is 2. The molecule has 3 aromatic rings. The van der Waals surface area contributed by atoms with Crippen LogP contribution in [0.25, 0.3) is 0 Å². The Balaban J connectivity index is 1.51. The third-order valence-corrected chi connectivity index (χ3v) is 5.10. The molecule has 28 heavy (non-hydrogen) atoms. The minimum absolute atomic E-state index is 0.0877. The second-order valence-electron chi connectivity index (χ2n) is 6.55. The van der Waals surface area contributed by atoms with Gasteiger partial charge in [0.05, 0.1) is 6.54 Å². The third kappa shape index (κ3) is 5.23. The Morgan fingerprint density at radius 3 is 2.36 bits per heavy atom. The van der Waals surface area contributed by atoms with Crippen molar-refractivity contribution in [3.63, 3.8) is 0 Å². The van der Waals surface area contributed by atoms with E-state index in [2.05, 4.69) is 15.6 Å². The van der Waals surface area contributed by atoms with E-state index in [9.17, 15) is 9.59 Å². The SMILES string of the molecule is Cc1cc(C)cc(C(=O)NCC(=O)Nc2ccc(Sc3nccn3C)cc2)c1. The van der Waals surface area contributed by atoms with Crippen LogP contribution in [-0.2, 0) is 11.8 Å². The predicted octanol–water partition coefficient (Wildman–Crippen LogP) is 3.56. The first-order valence-electron chi connectivity index (χ1n) is 8.82. The zero-order valence-electron chi connectivity index (χ0n) is 16.0. The van der Waals surface area contributed by atoms with E-state index in [1.165, 1.54) is 0 Å². The molecule has 0 bridgehead atoms. The fraction of sp³-hybridized carbons (Fsp3) is 0.190. The molecular weight excluding hydrogens is 372 g/mol. The molecule has 0 atom stereocenters. The van der Waals surface area contributed by atoms with Crippen LogP contribution in [0.5, 0.6) is 0 Å². The zero-order valence-corrected chi connectivity index (χ0v) is 16.8. The van der Waals surface area contributed by atoms with E-state index in [1.807, 2.05) is 62.0 Å². The van der Waals surface area contributed by atoms with Crippen molar-refractivity contribution in [1.29, 1.82) is 0 Å². The number of hydrogen-bond acceptors (Lipinski definition) is 4. The zero-order chi connectivity index (χ0) is 20.1. The lowest BCUT2D eigenvalue weighted by Crippen LogP contribution is -2.32. The second-order valence-corrected chi connectivity index (χ2v) is 7.60. The molecule has 2 N–H and O–H groups in total. The van der Waals surface area contributed by atoms with Crippen molar-refractivity contribution in [2.24, 2.45) is 7.05 Å². The summed E-state index contributed by atoms with van der Waals surface area (Å²) in [6.07, 6.45) is 3.65. The molecule has 0 aliphatic heterocycles. The highest BCUT2D eigenvalue weighted by Crippen LogP contribution is 2.26. The van der Waals surface area contributed by atoms with E-state index in [0.717, 1.165) is 21.2 Å². The molecule has 0 radical (unpaired) electrons. The summed E-state index contributed by atoms with van der Waals surface area (Å²) in [6.45, 7) is 3.79. The molecule has 3 rings (SSSR count). The maximum absolute atomic E-state index is 12.2. The number of nitrogens with zero attached hydrogens (tertiary/aromatic N) is 2. The van der Waals surface area contributed by atoms with Gasteiger partial charge in [-0.05, 0) is 50.2 Å². The Morgan fingerprint density at radius 1 is 1.07 bits per heavy atom. The Bertz CT molecular complexity index is 976. The van der Waals surface area contributed by atoms with E-state index in [0.29, 0.717) is 11.3 Å². The summed E-state index contributed by atoms with van der Waals surface area (Å²) < 4.78 is 1.94. The van der Waals surface area contributed by atoms with E-state index < -0.39 is 0 Å². The summed E-state index contributed by atoms with van der Waals surface area (Å²) in [5.74, 6) is -0.536. The number of benzene rings is 2. The molecule has 0 aliphatic rings. The van der Waals surface area contributed by atoms with Crippen LogP contribution in [-0.4, -0.2) is 27.9 Å². The minimum Gasteiger partial charge on any atom is -0.343 e. The summed E-state index contributed by atoms with van der Waals surface area (Å²) in [4.78, 5) is 29.6. The van der Waals surface area contributed by atoms with Gasteiger partial charge in [-0.1, -0.05) is 29.0 Å². The van der Waals surface area contributed by atoms with Crippen LogP contribution in [0.1, 0.15) is 21.5 Å². The largest absolute Gasteiger partial charge is 0.343 e. The molecule has 144 valence electrons. The first-order chi connectivity index (χ1) is 13.4. The van der Waals surface area contributed by atoms with Crippen LogP contribution in [0, 0.1) is 13.8 Å². The van der Waals surface area contributed by atoms with E-state index >= 15 is 0 Å². The number of imidazole rings is 1. The van der Waals surface area contributed by atoms with E-state index in [-0.39, 0.29) is 18.4 Å². The molecule has 7 heteroatoms. The quantitative estimate of drug-likeness (QED) is 0.670. The van der Waals surface area contributed by atoms with Crippen LogP contribution in [0.3, 0.4) is 0 Å². The molecule has 0 aliphatic carbocycles. The van der Waals surface area contributed by atoms with Gasteiger partial charge in [-0.25, -0.2) is 4.98 Å². The molecule has 6 nitrogen and oxygen atoms in total. The summed E-state index contributed by atoms with van der Waals surface area (Å²) in [5.41, 5.74) is 3.26. The lowest BCUT2D eigenvalue weighted by Gasteiger charge is -2.09. The summed E-state index contributed by atoms with van der Waals surface area (Å²) in [7, 11) is 1.94. The van der Waals surface area contributed by atoms with Gasteiger partial charge in [0.2, 0.25) is 5.91 Å². The van der Waals surface area contributed by atoms with Gasteiger partial charge < -0.3 is 15.2 Å². The van der Waals surface area contributed by atoms with Crippen molar-refractivity contribution in [3.05, 3.63) is 71.5 Å². The number of nitrogens with one attached hydrogen (secondary N) is 2. The highest BCUT2D eigenvalue weighted by molar-refractivity contribution is 7.99. The maximum Gasteiger partial charge on any atom is 0.251 e. The fourth-order valence-electron chi connectivity index (χ4n) is 2.74. The average Bonchev–Trinajstić information content (AvgIpc) is 3.05. The fourth-order valence-corrected chi connectivity index (χ4v) is 3.54. The Morgan fingerprint density at radius 2 is 1.75 bits per heavy atom. The first kappa shape index (κ1) is 19.7. The molecule has 0 fully saturated rings. The monoisotopic (exact) mass is 394 g/mol. The third-order valence-electron chi connectivity index (χ3n) is 4.02. The molecule has 1 aromatic heterocycles. The van der Waals surface area contributed by atoms with Gasteiger partial charge in [0.15, 0.2) is 5.16 Å². The summed E-state index contributed by atoms with van der Waals surface area (Å²) in [5, 5.41) is 6.33. The number of aromatic nitrogens is 2. The maximum atomic E-state index is 12.2. The highest BCUT2D eigenvalue weighted by atomic mass is 32.2. The summed E-state index contributed by atoms with van der Waals surface area (Å²) in [6, 6.07) is 13.1. The molecular formula is C21H22N4O2S. The van der Waals surface area contributed by atoms with Gasteiger partial charge in [-0.2, -0.15) is 0 Å².